The molecule has 0 fully saturated rings. The quantitative estimate of drug-likeness (QED) is 0.346. The van der Waals surface area contributed by atoms with Crippen molar-refractivity contribution in [3.8, 4) is 23.0 Å². The van der Waals surface area contributed by atoms with Crippen LogP contribution in [0.4, 0.5) is 14.9 Å². The minimum atomic E-state index is -0.329. The molecule has 1 heterocycles. The summed E-state index contributed by atoms with van der Waals surface area (Å²) < 4.78 is 13.3. The number of hydrogen-bond donors (Lipinski definition) is 2. The van der Waals surface area contributed by atoms with Gasteiger partial charge in [-0.15, -0.1) is 0 Å². The van der Waals surface area contributed by atoms with Crippen molar-refractivity contribution in [1.29, 1.82) is 0 Å². The summed E-state index contributed by atoms with van der Waals surface area (Å²) in [5, 5.41) is 5.71. The van der Waals surface area contributed by atoms with E-state index in [0.717, 1.165) is 16.7 Å². The molecule has 0 atom stereocenters. The lowest BCUT2D eigenvalue weighted by Gasteiger charge is -2.12. The first kappa shape index (κ1) is 26.1. The highest BCUT2D eigenvalue weighted by Crippen LogP contribution is 2.27. The first-order valence-corrected chi connectivity index (χ1v) is 12.1. The third-order valence-electron chi connectivity index (χ3n) is 5.73. The largest absolute Gasteiger partial charge is 0.345 e. The Balaban J connectivity index is 1.56. The van der Waals surface area contributed by atoms with Gasteiger partial charge in [-0.3, -0.25) is 9.78 Å². The summed E-state index contributed by atoms with van der Waals surface area (Å²) in [6.07, 6.45) is 4.15. The minimum absolute atomic E-state index is 0.0815. The topological polar surface area (TPSA) is 74.3 Å². The third-order valence-corrected chi connectivity index (χ3v) is 5.73. The van der Waals surface area contributed by atoms with Gasteiger partial charge in [0.05, 0.1) is 0 Å². The second kappa shape index (κ2) is 12.3. The Morgan fingerprint density at radius 2 is 1.71 bits per heavy atom. The second-order valence-electron chi connectivity index (χ2n) is 8.79. The maximum atomic E-state index is 13.3. The molecule has 0 unspecified atom stereocenters. The van der Waals surface area contributed by atoms with Crippen molar-refractivity contribution in [2.45, 2.75) is 6.42 Å². The van der Waals surface area contributed by atoms with Crippen molar-refractivity contribution in [3.05, 3.63) is 119 Å². The van der Waals surface area contributed by atoms with Crippen LogP contribution < -0.4 is 10.6 Å². The van der Waals surface area contributed by atoms with Crippen molar-refractivity contribution in [2.24, 2.45) is 0 Å². The molecule has 38 heavy (non-hydrogen) atoms. The van der Waals surface area contributed by atoms with E-state index in [9.17, 15) is 14.0 Å². The molecule has 0 bridgehead atoms. The summed E-state index contributed by atoms with van der Waals surface area (Å²) in [4.78, 5) is 30.4. The fraction of sp³-hybridized carbons (Fsp3) is 0.129. The third kappa shape index (κ3) is 7.05. The van der Waals surface area contributed by atoms with Gasteiger partial charge in [0.1, 0.15) is 5.82 Å². The molecule has 7 heteroatoms. The number of nitrogens with zero attached hydrogens (tertiary/aromatic N) is 2. The van der Waals surface area contributed by atoms with Gasteiger partial charge in [-0.25, -0.2) is 9.18 Å². The number of rotatable bonds is 6. The van der Waals surface area contributed by atoms with Gasteiger partial charge in [0.25, 0.3) is 5.91 Å². The van der Waals surface area contributed by atoms with E-state index in [1.165, 1.54) is 17.0 Å². The number of urea groups is 1. The van der Waals surface area contributed by atoms with E-state index in [-0.39, 0.29) is 17.8 Å². The smallest absolute Gasteiger partial charge is 0.319 e. The molecule has 4 rings (SSSR count). The number of nitrogens with one attached hydrogen (secondary N) is 2. The summed E-state index contributed by atoms with van der Waals surface area (Å²) in [5.41, 5.74) is 5.25. The van der Waals surface area contributed by atoms with Gasteiger partial charge in [0, 0.05) is 55.4 Å². The Labute approximate surface area is 221 Å². The number of carbonyl (C=O) groups is 2. The molecular weight excluding hydrogens is 479 g/mol. The van der Waals surface area contributed by atoms with E-state index < -0.39 is 0 Å². The van der Waals surface area contributed by atoms with Crippen molar-refractivity contribution < 1.29 is 14.0 Å². The van der Waals surface area contributed by atoms with E-state index >= 15 is 0 Å². The van der Waals surface area contributed by atoms with Crippen LogP contribution in [0.3, 0.4) is 0 Å². The van der Waals surface area contributed by atoms with Gasteiger partial charge in [0.15, 0.2) is 0 Å². The van der Waals surface area contributed by atoms with Gasteiger partial charge in [-0.1, -0.05) is 36.1 Å². The van der Waals surface area contributed by atoms with Crippen LogP contribution in [0.5, 0.6) is 0 Å². The van der Waals surface area contributed by atoms with Crippen LogP contribution in [0, 0.1) is 17.7 Å². The molecule has 2 N–H and O–H groups in total. The Morgan fingerprint density at radius 1 is 0.947 bits per heavy atom. The number of anilines is 1. The van der Waals surface area contributed by atoms with Crippen LogP contribution in [-0.2, 0) is 6.42 Å². The van der Waals surface area contributed by atoms with Crippen molar-refractivity contribution in [2.75, 3.05) is 26.0 Å². The molecule has 6 nitrogen and oxygen atoms in total. The van der Waals surface area contributed by atoms with E-state index in [4.69, 9.17) is 0 Å². The van der Waals surface area contributed by atoms with Gasteiger partial charge in [-0.2, -0.15) is 0 Å². The SMILES string of the molecule is CN(C)C(=O)c1ccc(-c2ccc(NC(=O)NCCc3cccnc3)cc2C#Cc2ccc(F)cc2)cc1. The van der Waals surface area contributed by atoms with Gasteiger partial charge in [0.2, 0.25) is 0 Å². The van der Waals surface area contributed by atoms with Crippen molar-refractivity contribution >= 4 is 17.6 Å². The Bertz CT molecular complexity index is 1470. The van der Waals surface area contributed by atoms with E-state index in [1.807, 2.05) is 30.3 Å². The zero-order valence-electron chi connectivity index (χ0n) is 21.2. The standard InChI is InChI=1S/C31H27FN4O2/c1-36(2)30(37)25-11-9-24(10-12-25)29-16-15-28(20-26(29)8-5-22-6-13-27(32)14-7-22)35-31(38)34-19-17-23-4-3-18-33-21-23/h3-4,6-7,9-16,18,20-21H,17,19H2,1-2H3,(H2,34,35,38). The van der Waals surface area contributed by atoms with Crippen molar-refractivity contribution in [3.63, 3.8) is 0 Å². The van der Waals surface area contributed by atoms with E-state index in [1.54, 1.807) is 62.9 Å². The normalized spacial score (nSPS) is 10.2. The molecule has 0 spiro atoms. The van der Waals surface area contributed by atoms with Crippen LogP contribution >= 0.6 is 0 Å². The Hall–Kier alpha value is -4.96. The minimum Gasteiger partial charge on any atom is -0.345 e. The van der Waals surface area contributed by atoms with E-state index in [0.29, 0.717) is 35.3 Å². The molecule has 0 saturated heterocycles. The van der Waals surface area contributed by atoms with Crippen LogP contribution in [-0.4, -0.2) is 42.5 Å². The van der Waals surface area contributed by atoms with Gasteiger partial charge >= 0.3 is 6.03 Å². The Kier molecular flexibility index (Phi) is 8.47. The number of aromatic nitrogens is 1. The highest BCUT2D eigenvalue weighted by atomic mass is 19.1. The lowest BCUT2D eigenvalue weighted by Crippen LogP contribution is -2.30. The number of halogens is 1. The fourth-order valence-corrected chi connectivity index (χ4v) is 3.74. The van der Waals surface area contributed by atoms with E-state index in [2.05, 4.69) is 27.5 Å². The number of hydrogen-bond acceptors (Lipinski definition) is 3. The molecule has 0 radical (unpaired) electrons. The highest BCUT2D eigenvalue weighted by molar-refractivity contribution is 5.94. The molecule has 1 aromatic heterocycles. The zero-order valence-corrected chi connectivity index (χ0v) is 21.2. The molecular formula is C31H27FN4O2. The van der Waals surface area contributed by atoms with Crippen LogP contribution in [0.15, 0.2) is 91.3 Å². The number of pyridine rings is 1. The maximum Gasteiger partial charge on any atom is 0.319 e. The molecule has 190 valence electrons. The predicted octanol–water partition coefficient (Wildman–Crippen LogP) is 5.35. The zero-order chi connectivity index (χ0) is 26.9. The van der Waals surface area contributed by atoms with Crippen LogP contribution in [0.2, 0.25) is 0 Å². The summed E-state index contributed by atoms with van der Waals surface area (Å²) in [6, 6.07) is 22.2. The summed E-state index contributed by atoms with van der Waals surface area (Å²) in [5.74, 6) is 5.81. The fourth-order valence-electron chi connectivity index (χ4n) is 3.74. The van der Waals surface area contributed by atoms with Crippen LogP contribution in [0.25, 0.3) is 11.1 Å². The lowest BCUT2D eigenvalue weighted by atomic mass is 9.97. The number of carbonyl (C=O) groups excluding carboxylic acids is 2. The van der Waals surface area contributed by atoms with Crippen molar-refractivity contribution in [1.82, 2.24) is 15.2 Å². The first-order chi connectivity index (χ1) is 18.4. The predicted molar refractivity (Wildman–Crippen MR) is 147 cm³/mol. The summed E-state index contributed by atoms with van der Waals surface area (Å²) in [6.45, 7) is 0.463. The average Bonchev–Trinajstić information content (AvgIpc) is 2.93. The average molecular weight is 507 g/mol. The molecule has 4 aromatic rings. The molecule has 0 aliphatic rings. The maximum absolute atomic E-state index is 13.3. The number of benzene rings is 3. The summed E-state index contributed by atoms with van der Waals surface area (Å²) in [7, 11) is 3.42. The second-order valence-corrected chi connectivity index (χ2v) is 8.79. The molecule has 3 aromatic carbocycles. The lowest BCUT2D eigenvalue weighted by molar-refractivity contribution is 0.0827. The Morgan fingerprint density at radius 3 is 2.39 bits per heavy atom. The molecule has 0 saturated carbocycles. The molecule has 3 amide bonds. The van der Waals surface area contributed by atoms with Gasteiger partial charge in [-0.05, 0) is 77.7 Å². The van der Waals surface area contributed by atoms with Gasteiger partial charge < -0.3 is 15.5 Å². The highest BCUT2D eigenvalue weighted by Gasteiger charge is 2.11. The first-order valence-electron chi connectivity index (χ1n) is 12.1. The molecule has 0 aliphatic carbocycles. The number of amides is 3. The summed E-state index contributed by atoms with van der Waals surface area (Å²) >= 11 is 0. The molecule has 0 aliphatic heterocycles. The van der Waals surface area contributed by atoms with Crippen LogP contribution in [0.1, 0.15) is 27.0 Å². The monoisotopic (exact) mass is 506 g/mol.